The molecule has 0 fully saturated rings. The number of rotatable bonds is 6. The highest BCUT2D eigenvalue weighted by Gasteiger charge is 2.31. The van der Waals surface area contributed by atoms with Crippen molar-refractivity contribution in [2.24, 2.45) is 5.73 Å². The van der Waals surface area contributed by atoms with Crippen molar-refractivity contribution in [1.29, 1.82) is 0 Å². The van der Waals surface area contributed by atoms with Crippen LogP contribution in [0.5, 0.6) is 11.5 Å². The largest absolute Gasteiger partial charge is 0.493 e. The normalized spacial score (nSPS) is 11.4. The molecule has 0 saturated heterocycles. The number of hydrogen-bond acceptors (Lipinski definition) is 4. The molecule has 1 amide bonds. The van der Waals surface area contributed by atoms with Gasteiger partial charge in [0.15, 0.2) is 11.5 Å². The van der Waals surface area contributed by atoms with Crippen LogP contribution in [0.25, 0.3) is 0 Å². The zero-order valence-electron chi connectivity index (χ0n) is 14.1. The van der Waals surface area contributed by atoms with Crippen LogP contribution >= 0.6 is 12.4 Å². The van der Waals surface area contributed by atoms with Gasteiger partial charge in [0.25, 0.3) is 0 Å². The SMILES string of the molecule is COc1ccc(C(C)(C)C(=O)NCC(C)(C)N)cc1OC.Cl. The molecule has 0 bridgehead atoms. The van der Waals surface area contributed by atoms with E-state index in [0.29, 0.717) is 18.0 Å². The summed E-state index contributed by atoms with van der Waals surface area (Å²) in [6, 6.07) is 5.50. The van der Waals surface area contributed by atoms with Gasteiger partial charge >= 0.3 is 0 Å². The van der Waals surface area contributed by atoms with Crippen molar-refractivity contribution in [2.45, 2.75) is 38.6 Å². The van der Waals surface area contributed by atoms with E-state index in [9.17, 15) is 4.79 Å². The number of hydrogen-bond donors (Lipinski definition) is 2. The summed E-state index contributed by atoms with van der Waals surface area (Å²) in [7, 11) is 3.16. The molecule has 1 aromatic carbocycles. The number of methoxy groups -OCH3 is 2. The number of nitrogens with one attached hydrogen (secondary N) is 1. The smallest absolute Gasteiger partial charge is 0.230 e. The summed E-state index contributed by atoms with van der Waals surface area (Å²) in [6.07, 6.45) is 0. The van der Waals surface area contributed by atoms with E-state index in [2.05, 4.69) is 5.32 Å². The molecule has 5 nitrogen and oxygen atoms in total. The first-order valence-corrected chi connectivity index (χ1v) is 6.91. The molecule has 0 aliphatic rings. The molecule has 1 rings (SSSR count). The molecule has 0 spiro atoms. The van der Waals surface area contributed by atoms with Crippen molar-refractivity contribution in [2.75, 3.05) is 20.8 Å². The van der Waals surface area contributed by atoms with E-state index >= 15 is 0 Å². The van der Waals surface area contributed by atoms with Crippen LogP contribution in [-0.2, 0) is 10.2 Å². The summed E-state index contributed by atoms with van der Waals surface area (Å²) in [6.45, 7) is 7.90. The zero-order chi connectivity index (χ0) is 16.3. The third kappa shape index (κ3) is 5.07. The fraction of sp³-hybridized carbons (Fsp3) is 0.562. The molecular formula is C16H27ClN2O3. The van der Waals surface area contributed by atoms with Crippen LogP contribution in [0.1, 0.15) is 33.3 Å². The second kappa shape index (κ2) is 7.70. The van der Waals surface area contributed by atoms with Crippen molar-refractivity contribution < 1.29 is 14.3 Å². The van der Waals surface area contributed by atoms with Crippen LogP contribution in [0.15, 0.2) is 18.2 Å². The first kappa shape index (κ1) is 20.5. The molecule has 22 heavy (non-hydrogen) atoms. The Morgan fingerprint density at radius 2 is 1.68 bits per heavy atom. The topological polar surface area (TPSA) is 73.6 Å². The summed E-state index contributed by atoms with van der Waals surface area (Å²) < 4.78 is 10.5. The average Bonchev–Trinajstić information content (AvgIpc) is 2.42. The predicted octanol–water partition coefficient (Wildman–Crippen LogP) is 2.26. The number of carbonyl (C=O) groups excluding carboxylic acids is 1. The Labute approximate surface area is 139 Å². The molecule has 1 aromatic rings. The van der Waals surface area contributed by atoms with Crippen molar-refractivity contribution in [3.63, 3.8) is 0 Å². The van der Waals surface area contributed by atoms with Gasteiger partial charge in [-0.05, 0) is 45.4 Å². The molecule has 0 saturated carbocycles. The minimum absolute atomic E-state index is 0. The van der Waals surface area contributed by atoms with Gasteiger partial charge in [0.05, 0.1) is 19.6 Å². The molecule has 0 radical (unpaired) electrons. The molecule has 0 aliphatic carbocycles. The van der Waals surface area contributed by atoms with E-state index in [1.54, 1.807) is 20.3 Å². The lowest BCUT2D eigenvalue weighted by Crippen LogP contribution is -2.49. The number of halogens is 1. The van der Waals surface area contributed by atoms with Crippen molar-refractivity contribution in [3.05, 3.63) is 23.8 Å². The average molecular weight is 331 g/mol. The minimum Gasteiger partial charge on any atom is -0.493 e. The summed E-state index contributed by atoms with van der Waals surface area (Å²) >= 11 is 0. The van der Waals surface area contributed by atoms with Gasteiger partial charge in [0.2, 0.25) is 5.91 Å². The molecule has 0 aromatic heterocycles. The van der Waals surface area contributed by atoms with Crippen LogP contribution in [0.4, 0.5) is 0 Å². The highest BCUT2D eigenvalue weighted by atomic mass is 35.5. The fourth-order valence-corrected chi connectivity index (χ4v) is 1.89. The summed E-state index contributed by atoms with van der Waals surface area (Å²) in [5, 5.41) is 2.89. The van der Waals surface area contributed by atoms with Gasteiger partial charge in [-0.3, -0.25) is 4.79 Å². The number of carbonyl (C=O) groups is 1. The Morgan fingerprint density at radius 1 is 1.14 bits per heavy atom. The molecule has 0 unspecified atom stereocenters. The van der Waals surface area contributed by atoms with Gasteiger partial charge < -0.3 is 20.5 Å². The van der Waals surface area contributed by atoms with Gasteiger partial charge in [-0.1, -0.05) is 6.07 Å². The quantitative estimate of drug-likeness (QED) is 0.839. The Hall–Kier alpha value is -1.46. The maximum Gasteiger partial charge on any atom is 0.230 e. The molecular weight excluding hydrogens is 304 g/mol. The summed E-state index contributed by atoms with van der Waals surface area (Å²) in [4.78, 5) is 12.4. The molecule has 0 atom stereocenters. The van der Waals surface area contributed by atoms with Gasteiger partial charge in [-0.2, -0.15) is 0 Å². The van der Waals surface area contributed by atoms with E-state index in [1.165, 1.54) is 0 Å². The van der Waals surface area contributed by atoms with Crippen LogP contribution in [0, 0.1) is 0 Å². The molecule has 3 N–H and O–H groups in total. The van der Waals surface area contributed by atoms with Crippen molar-refractivity contribution >= 4 is 18.3 Å². The summed E-state index contributed by atoms with van der Waals surface area (Å²) in [5.41, 5.74) is 5.62. The maximum absolute atomic E-state index is 12.4. The van der Waals surface area contributed by atoms with Gasteiger partial charge in [0, 0.05) is 12.1 Å². The maximum atomic E-state index is 12.4. The van der Waals surface area contributed by atoms with E-state index in [4.69, 9.17) is 15.2 Å². The van der Waals surface area contributed by atoms with E-state index in [0.717, 1.165) is 5.56 Å². The highest BCUT2D eigenvalue weighted by Crippen LogP contribution is 2.33. The fourth-order valence-electron chi connectivity index (χ4n) is 1.89. The Morgan fingerprint density at radius 3 is 2.14 bits per heavy atom. The van der Waals surface area contributed by atoms with Crippen LogP contribution in [0.2, 0.25) is 0 Å². The van der Waals surface area contributed by atoms with Crippen LogP contribution < -0.4 is 20.5 Å². The van der Waals surface area contributed by atoms with Gasteiger partial charge in [0.1, 0.15) is 0 Å². The number of benzene rings is 1. The lowest BCUT2D eigenvalue weighted by molar-refractivity contribution is -0.125. The molecule has 126 valence electrons. The van der Waals surface area contributed by atoms with E-state index < -0.39 is 11.0 Å². The molecule has 0 aliphatic heterocycles. The van der Waals surface area contributed by atoms with E-state index in [-0.39, 0.29) is 18.3 Å². The van der Waals surface area contributed by atoms with E-state index in [1.807, 2.05) is 39.8 Å². The second-order valence-corrected chi connectivity index (χ2v) is 6.37. The third-order valence-corrected chi connectivity index (χ3v) is 3.38. The van der Waals surface area contributed by atoms with Gasteiger partial charge in [-0.15, -0.1) is 12.4 Å². The lowest BCUT2D eigenvalue weighted by atomic mass is 9.83. The first-order chi connectivity index (χ1) is 9.61. The minimum atomic E-state index is -0.690. The zero-order valence-corrected chi connectivity index (χ0v) is 15.0. The monoisotopic (exact) mass is 330 g/mol. The number of nitrogens with two attached hydrogens (primary N) is 1. The third-order valence-electron chi connectivity index (χ3n) is 3.38. The molecule has 6 heteroatoms. The second-order valence-electron chi connectivity index (χ2n) is 6.37. The van der Waals surface area contributed by atoms with Crippen LogP contribution in [0.3, 0.4) is 0 Å². The Balaban J connectivity index is 0.00000441. The Bertz CT molecular complexity index is 511. The van der Waals surface area contributed by atoms with Gasteiger partial charge in [-0.25, -0.2) is 0 Å². The highest BCUT2D eigenvalue weighted by molar-refractivity contribution is 5.87. The van der Waals surface area contributed by atoms with Crippen LogP contribution in [-0.4, -0.2) is 32.2 Å². The number of ether oxygens (including phenoxy) is 2. The van der Waals surface area contributed by atoms with Crippen molar-refractivity contribution in [3.8, 4) is 11.5 Å². The first-order valence-electron chi connectivity index (χ1n) is 6.91. The van der Waals surface area contributed by atoms with Crippen molar-refractivity contribution in [1.82, 2.24) is 5.32 Å². The lowest BCUT2D eigenvalue weighted by Gasteiger charge is -2.27. The Kier molecular flexibility index (Phi) is 7.19. The summed E-state index contributed by atoms with van der Waals surface area (Å²) in [5.74, 6) is 1.17. The number of amides is 1. The standard InChI is InChI=1S/C16H26N2O3.ClH/c1-15(2,17)10-18-14(19)16(3,4)11-7-8-12(20-5)13(9-11)21-6;/h7-9H,10,17H2,1-6H3,(H,18,19);1H. The predicted molar refractivity (Wildman–Crippen MR) is 91.1 cm³/mol. The molecule has 0 heterocycles.